The van der Waals surface area contributed by atoms with E-state index in [1.54, 1.807) is 24.3 Å². The van der Waals surface area contributed by atoms with Crippen molar-refractivity contribution in [2.24, 2.45) is 4.99 Å². The van der Waals surface area contributed by atoms with Crippen molar-refractivity contribution in [2.75, 3.05) is 7.05 Å². The van der Waals surface area contributed by atoms with E-state index < -0.39 is 10.7 Å². The fraction of sp³-hybridized carbons (Fsp3) is 0.167. The van der Waals surface area contributed by atoms with E-state index in [1.165, 1.54) is 29.8 Å². The number of hydrogen-bond donors (Lipinski definition) is 1. The van der Waals surface area contributed by atoms with Gasteiger partial charge in [-0.15, -0.1) is 10.2 Å². The first-order valence-electron chi connectivity index (χ1n) is 8.38. The van der Waals surface area contributed by atoms with Gasteiger partial charge in [0.2, 0.25) is 0 Å². The van der Waals surface area contributed by atoms with Crippen molar-refractivity contribution < 1.29 is 14.5 Å². The van der Waals surface area contributed by atoms with Gasteiger partial charge >= 0.3 is 0 Å². The Morgan fingerprint density at radius 1 is 1.21 bits per heavy atom. The zero-order valence-electron chi connectivity index (χ0n) is 14.8. The van der Waals surface area contributed by atoms with Crippen molar-refractivity contribution >= 4 is 11.4 Å². The van der Waals surface area contributed by atoms with Crippen LogP contribution in [0.3, 0.4) is 0 Å². The standard InChI is InChI=1S/C18H15FN6O3/c1-23(26)10-16-22-21-15-9-20-17(11-5-2-3-7-13(11)19)12-6-4-8-14(25(27)28)18(12)24(15)16/h2-8,26H,9-10H2,1H3. The summed E-state index contributed by atoms with van der Waals surface area (Å²) in [5.41, 5.74) is 0.935. The van der Waals surface area contributed by atoms with Gasteiger partial charge in [-0.3, -0.25) is 19.7 Å². The Morgan fingerprint density at radius 3 is 2.68 bits per heavy atom. The predicted octanol–water partition coefficient (Wildman–Crippen LogP) is 2.49. The number of hydrogen-bond acceptors (Lipinski definition) is 7. The Morgan fingerprint density at radius 2 is 1.96 bits per heavy atom. The molecule has 9 nitrogen and oxygen atoms in total. The summed E-state index contributed by atoms with van der Waals surface area (Å²) in [5, 5.41) is 30.4. The van der Waals surface area contributed by atoms with Crippen LogP contribution in [0.5, 0.6) is 0 Å². The topological polar surface area (TPSA) is 110 Å². The third-order valence-corrected chi connectivity index (χ3v) is 4.37. The zero-order chi connectivity index (χ0) is 19.8. The number of nitro groups is 1. The molecule has 1 aliphatic heterocycles. The third-order valence-electron chi connectivity index (χ3n) is 4.37. The lowest BCUT2D eigenvalue weighted by Gasteiger charge is -2.15. The molecule has 0 aliphatic carbocycles. The van der Waals surface area contributed by atoms with Gasteiger partial charge in [-0.05, 0) is 12.1 Å². The van der Waals surface area contributed by atoms with E-state index >= 15 is 0 Å². The highest BCUT2D eigenvalue weighted by molar-refractivity contribution is 6.16. The van der Waals surface area contributed by atoms with Gasteiger partial charge in [0.15, 0.2) is 11.6 Å². The molecule has 10 heteroatoms. The van der Waals surface area contributed by atoms with Gasteiger partial charge in [0.25, 0.3) is 5.69 Å². The first kappa shape index (κ1) is 17.9. The summed E-state index contributed by atoms with van der Waals surface area (Å²) < 4.78 is 16.0. The molecular formula is C18H15FN6O3. The number of fused-ring (bicyclic) bond motifs is 3. The van der Waals surface area contributed by atoms with Crippen LogP contribution in [0.2, 0.25) is 0 Å². The van der Waals surface area contributed by atoms with Crippen LogP contribution in [0.4, 0.5) is 10.1 Å². The lowest BCUT2D eigenvalue weighted by Crippen LogP contribution is -2.18. The second-order valence-corrected chi connectivity index (χ2v) is 6.26. The first-order valence-corrected chi connectivity index (χ1v) is 8.38. The van der Waals surface area contributed by atoms with Crippen molar-refractivity contribution in [3.05, 3.63) is 81.2 Å². The van der Waals surface area contributed by atoms with Crippen LogP contribution in [0.25, 0.3) is 5.69 Å². The fourth-order valence-corrected chi connectivity index (χ4v) is 3.24. The zero-order valence-corrected chi connectivity index (χ0v) is 14.8. The average molecular weight is 382 g/mol. The molecule has 1 aliphatic rings. The number of aromatic nitrogens is 3. The molecule has 0 radical (unpaired) electrons. The monoisotopic (exact) mass is 382 g/mol. The summed E-state index contributed by atoms with van der Waals surface area (Å²) >= 11 is 0. The van der Waals surface area contributed by atoms with E-state index in [9.17, 15) is 19.7 Å². The summed E-state index contributed by atoms with van der Waals surface area (Å²) in [4.78, 5) is 15.7. The maximum absolute atomic E-state index is 14.5. The summed E-state index contributed by atoms with van der Waals surface area (Å²) in [5.74, 6) is 0.186. The molecule has 0 fully saturated rings. The van der Waals surface area contributed by atoms with Gasteiger partial charge in [0.05, 0.1) is 17.2 Å². The molecule has 0 spiro atoms. The van der Waals surface area contributed by atoms with Crippen LogP contribution >= 0.6 is 0 Å². The van der Waals surface area contributed by atoms with Crippen molar-refractivity contribution in [3.8, 4) is 5.69 Å². The number of para-hydroxylation sites is 1. The highest BCUT2D eigenvalue weighted by atomic mass is 19.1. The predicted molar refractivity (Wildman–Crippen MR) is 97.0 cm³/mol. The Labute approximate surface area is 158 Å². The van der Waals surface area contributed by atoms with E-state index in [1.807, 2.05) is 0 Å². The van der Waals surface area contributed by atoms with Gasteiger partial charge < -0.3 is 5.21 Å². The molecule has 1 N–H and O–H groups in total. The van der Waals surface area contributed by atoms with Gasteiger partial charge in [0.1, 0.15) is 18.0 Å². The molecule has 3 aromatic rings. The van der Waals surface area contributed by atoms with Crippen molar-refractivity contribution in [3.63, 3.8) is 0 Å². The number of rotatable bonds is 4. The van der Waals surface area contributed by atoms with Crippen LogP contribution in [-0.4, -0.2) is 42.7 Å². The normalized spacial score (nSPS) is 12.9. The fourth-order valence-electron chi connectivity index (χ4n) is 3.24. The van der Waals surface area contributed by atoms with Gasteiger partial charge in [-0.2, -0.15) is 5.06 Å². The number of aliphatic imine (C=N–C) groups is 1. The average Bonchev–Trinajstić information content (AvgIpc) is 2.96. The highest BCUT2D eigenvalue weighted by Crippen LogP contribution is 2.33. The Hall–Kier alpha value is -3.50. The molecule has 0 saturated carbocycles. The first-order chi connectivity index (χ1) is 13.5. The molecular weight excluding hydrogens is 367 g/mol. The quantitative estimate of drug-likeness (QED) is 0.548. The van der Waals surface area contributed by atoms with E-state index in [0.717, 1.165) is 5.06 Å². The van der Waals surface area contributed by atoms with Crippen LogP contribution < -0.4 is 0 Å². The number of halogens is 1. The molecule has 2 aromatic carbocycles. The van der Waals surface area contributed by atoms with E-state index in [2.05, 4.69) is 15.2 Å². The minimum Gasteiger partial charge on any atom is -0.314 e. The smallest absolute Gasteiger partial charge is 0.294 e. The third kappa shape index (κ3) is 2.94. The second-order valence-electron chi connectivity index (χ2n) is 6.26. The van der Waals surface area contributed by atoms with Crippen molar-refractivity contribution in [1.29, 1.82) is 0 Å². The minimum atomic E-state index is -0.515. The molecule has 0 amide bonds. The summed E-state index contributed by atoms with van der Waals surface area (Å²) in [6, 6.07) is 10.7. The largest absolute Gasteiger partial charge is 0.314 e. The molecule has 0 unspecified atom stereocenters. The van der Waals surface area contributed by atoms with Crippen LogP contribution in [-0.2, 0) is 13.1 Å². The van der Waals surface area contributed by atoms with Crippen LogP contribution in [0.1, 0.15) is 22.8 Å². The highest BCUT2D eigenvalue weighted by Gasteiger charge is 2.30. The van der Waals surface area contributed by atoms with Gasteiger partial charge in [-0.25, -0.2) is 4.39 Å². The number of nitrogens with zero attached hydrogens (tertiary/aromatic N) is 6. The summed E-state index contributed by atoms with van der Waals surface area (Å²) in [6.45, 7) is 0.0468. The number of nitro benzene ring substituents is 1. The van der Waals surface area contributed by atoms with Crippen molar-refractivity contribution in [2.45, 2.75) is 13.1 Å². The lowest BCUT2D eigenvalue weighted by atomic mass is 9.99. The van der Waals surface area contributed by atoms with Crippen LogP contribution in [0, 0.1) is 15.9 Å². The molecule has 0 saturated heterocycles. The maximum Gasteiger partial charge on any atom is 0.294 e. The second kappa shape index (κ2) is 6.91. The molecule has 28 heavy (non-hydrogen) atoms. The Bertz CT molecular complexity index is 1110. The summed E-state index contributed by atoms with van der Waals surface area (Å²) in [7, 11) is 1.43. The summed E-state index contributed by atoms with van der Waals surface area (Å²) in [6.07, 6.45) is 0. The number of benzene rings is 2. The van der Waals surface area contributed by atoms with Crippen LogP contribution in [0.15, 0.2) is 47.5 Å². The van der Waals surface area contributed by atoms with E-state index in [4.69, 9.17) is 0 Å². The van der Waals surface area contributed by atoms with Crippen molar-refractivity contribution in [1.82, 2.24) is 19.8 Å². The minimum absolute atomic E-state index is 0.00643. The molecule has 1 aromatic heterocycles. The lowest BCUT2D eigenvalue weighted by molar-refractivity contribution is -0.384. The van der Waals surface area contributed by atoms with E-state index in [0.29, 0.717) is 22.9 Å². The Kier molecular flexibility index (Phi) is 4.41. The SMILES string of the molecule is CN(O)Cc1nnc2n1-c1c(cccc1[N+](=O)[O-])C(c1ccccc1F)=NC2. The molecule has 2 heterocycles. The number of hydroxylamine groups is 2. The Balaban J connectivity index is 2.03. The molecule has 0 bridgehead atoms. The van der Waals surface area contributed by atoms with Gasteiger partial charge in [-0.1, -0.05) is 24.3 Å². The van der Waals surface area contributed by atoms with Gasteiger partial charge in [0, 0.05) is 24.2 Å². The van der Waals surface area contributed by atoms with E-state index in [-0.39, 0.29) is 30.0 Å². The maximum atomic E-state index is 14.5. The molecule has 142 valence electrons. The molecule has 4 rings (SSSR count). The molecule has 0 atom stereocenters.